The monoisotopic (exact) mass is 374 g/mol. The van der Waals surface area contributed by atoms with Gasteiger partial charge in [0.05, 0.1) is 30.5 Å². The molecule has 0 fully saturated rings. The largest absolute Gasteiger partial charge is 0.493 e. The maximum Gasteiger partial charge on any atom is 0.272 e. The van der Waals surface area contributed by atoms with Crippen molar-refractivity contribution in [2.24, 2.45) is 11.0 Å². The molecule has 0 unspecified atom stereocenters. The van der Waals surface area contributed by atoms with Crippen molar-refractivity contribution < 1.29 is 14.3 Å². The molecule has 1 amide bonds. The zero-order valence-corrected chi connectivity index (χ0v) is 15.9. The van der Waals surface area contributed by atoms with Crippen LogP contribution in [0.5, 0.6) is 11.5 Å². The van der Waals surface area contributed by atoms with Gasteiger partial charge in [0.2, 0.25) is 0 Å². The zero-order valence-electron chi connectivity index (χ0n) is 15.2. The van der Waals surface area contributed by atoms with Crippen molar-refractivity contribution in [1.29, 1.82) is 0 Å². The fourth-order valence-corrected chi connectivity index (χ4v) is 2.38. The fourth-order valence-electron chi connectivity index (χ4n) is 2.16. The Bertz CT molecular complexity index is 775. The van der Waals surface area contributed by atoms with Crippen LogP contribution in [0.3, 0.4) is 0 Å². The summed E-state index contributed by atoms with van der Waals surface area (Å²) in [6.07, 6.45) is 2.51. The van der Waals surface area contributed by atoms with Crippen molar-refractivity contribution in [3.05, 3.63) is 58.6 Å². The standard InChI is InChI=1S/C20H23ClN2O3/c1-14(2)10-11-26-18-9-8-15(12-19(18)25-3)13-22-23-20(24)16-6-4-5-7-17(16)21/h4-9,12-14H,10-11H2,1-3H3,(H,23,24)/b22-13+. The molecule has 0 saturated heterocycles. The molecule has 0 spiro atoms. The lowest BCUT2D eigenvalue weighted by molar-refractivity contribution is 0.0955. The maximum atomic E-state index is 12.1. The lowest BCUT2D eigenvalue weighted by Gasteiger charge is -2.12. The first kappa shape index (κ1) is 19.8. The van der Waals surface area contributed by atoms with Gasteiger partial charge in [-0.25, -0.2) is 5.43 Å². The summed E-state index contributed by atoms with van der Waals surface area (Å²) < 4.78 is 11.1. The highest BCUT2D eigenvalue weighted by Crippen LogP contribution is 2.28. The Morgan fingerprint density at radius 1 is 1.23 bits per heavy atom. The van der Waals surface area contributed by atoms with E-state index in [4.69, 9.17) is 21.1 Å². The number of halogens is 1. The van der Waals surface area contributed by atoms with Crippen LogP contribution in [0, 0.1) is 5.92 Å². The van der Waals surface area contributed by atoms with Crippen molar-refractivity contribution in [1.82, 2.24) is 5.43 Å². The molecular weight excluding hydrogens is 352 g/mol. The van der Waals surface area contributed by atoms with E-state index in [1.807, 2.05) is 12.1 Å². The number of nitrogens with zero attached hydrogens (tertiary/aromatic N) is 1. The van der Waals surface area contributed by atoms with Crippen molar-refractivity contribution >= 4 is 23.7 Å². The lowest BCUT2D eigenvalue weighted by Crippen LogP contribution is -2.17. The van der Waals surface area contributed by atoms with E-state index in [1.54, 1.807) is 37.4 Å². The number of hydrogen-bond acceptors (Lipinski definition) is 4. The van der Waals surface area contributed by atoms with Crippen molar-refractivity contribution in [3.8, 4) is 11.5 Å². The maximum absolute atomic E-state index is 12.1. The van der Waals surface area contributed by atoms with Gasteiger partial charge in [-0.1, -0.05) is 37.6 Å². The van der Waals surface area contributed by atoms with Gasteiger partial charge in [-0.2, -0.15) is 5.10 Å². The van der Waals surface area contributed by atoms with Crippen molar-refractivity contribution in [3.63, 3.8) is 0 Å². The number of ether oxygens (including phenoxy) is 2. The molecular formula is C20H23ClN2O3. The molecule has 5 nitrogen and oxygen atoms in total. The molecule has 26 heavy (non-hydrogen) atoms. The number of carbonyl (C=O) groups excluding carboxylic acids is 1. The van der Waals surface area contributed by atoms with Crippen molar-refractivity contribution in [2.45, 2.75) is 20.3 Å². The summed E-state index contributed by atoms with van der Waals surface area (Å²) in [5, 5.41) is 4.35. The second-order valence-corrected chi connectivity index (χ2v) is 6.53. The third-order valence-electron chi connectivity index (χ3n) is 3.64. The van der Waals surface area contributed by atoms with Gasteiger partial charge in [-0.05, 0) is 48.2 Å². The smallest absolute Gasteiger partial charge is 0.272 e. The SMILES string of the molecule is COc1cc(/C=N/NC(=O)c2ccccc2Cl)ccc1OCCC(C)C. The first-order chi connectivity index (χ1) is 12.5. The molecule has 0 radical (unpaired) electrons. The lowest BCUT2D eigenvalue weighted by atomic mass is 10.1. The summed E-state index contributed by atoms with van der Waals surface area (Å²) in [4.78, 5) is 12.1. The quantitative estimate of drug-likeness (QED) is 0.545. The Kier molecular flexibility index (Phi) is 7.48. The Labute approximate surface area is 159 Å². The summed E-state index contributed by atoms with van der Waals surface area (Å²) in [6, 6.07) is 12.3. The van der Waals surface area contributed by atoms with Crippen LogP contribution < -0.4 is 14.9 Å². The first-order valence-corrected chi connectivity index (χ1v) is 8.78. The number of rotatable bonds is 8. The van der Waals surface area contributed by atoms with Gasteiger partial charge in [-0.15, -0.1) is 0 Å². The van der Waals surface area contributed by atoms with Gasteiger partial charge in [0.1, 0.15) is 0 Å². The van der Waals surface area contributed by atoms with Gasteiger partial charge >= 0.3 is 0 Å². The Balaban J connectivity index is 1.99. The molecule has 1 N–H and O–H groups in total. The van der Waals surface area contributed by atoms with E-state index >= 15 is 0 Å². The average Bonchev–Trinajstić information content (AvgIpc) is 2.62. The molecule has 2 aromatic carbocycles. The number of hydrazone groups is 1. The topological polar surface area (TPSA) is 59.9 Å². The van der Waals surface area contributed by atoms with Gasteiger partial charge in [0, 0.05) is 0 Å². The van der Waals surface area contributed by atoms with Gasteiger partial charge < -0.3 is 9.47 Å². The summed E-state index contributed by atoms with van der Waals surface area (Å²) in [6.45, 7) is 4.93. The van der Waals surface area contributed by atoms with E-state index < -0.39 is 0 Å². The molecule has 0 atom stereocenters. The highest BCUT2D eigenvalue weighted by molar-refractivity contribution is 6.33. The van der Waals surface area contributed by atoms with Crippen LogP contribution in [0.15, 0.2) is 47.6 Å². The molecule has 138 valence electrons. The second kappa shape index (κ2) is 9.82. The summed E-state index contributed by atoms with van der Waals surface area (Å²) in [5.41, 5.74) is 3.61. The number of hydrogen-bond donors (Lipinski definition) is 1. The van der Waals surface area contributed by atoms with Crippen LogP contribution in [-0.2, 0) is 0 Å². The van der Waals surface area contributed by atoms with Gasteiger partial charge in [0.25, 0.3) is 5.91 Å². The number of benzene rings is 2. The van der Waals surface area contributed by atoms with E-state index in [0.717, 1.165) is 12.0 Å². The summed E-state index contributed by atoms with van der Waals surface area (Å²) in [5.74, 6) is 1.52. The van der Waals surface area contributed by atoms with Crippen LogP contribution in [0.25, 0.3) is 0 Å². The van der Waals surface area contributed by atoms with Gasteiger partial charge in [-0.3, -0.25) is 4.79 Å². The highest BCUT2D eigenvalue weighted by Gasteiger charge is 2.08. The second-order valence-electron chi connectivity index (χ2n) is 6.12. The Hall–Kier alpha value is -2.53. The van der Waals surface area contributed by atoms with Crippen molar-refractivity contribution in [2.75, 3.05) is 13.7 Å². The third-order valence-corrected chi connectivity index (χ3v) is 3.97. The van der Waals surface area contributed by atoms with Gasteiger partial charge in [0.15, 0.2) is 11.5 Å². The van der Waals surface area contributed by atoms with Crippen LogP contribution in [0.1, 0.15) is 36.2 Å². The average molecular weight is 375 g/mol. The molecule has 0 heterocycles. The van der Waals surface area contributed by atoms with Crippen LogP contribution in [0.4, 0.5) is 0 Å². The van der Waals surface area contributed by atoms with E-state index in [1.165, 1.54) is 6.21 Å². The number of nitrogens with one attached hydrogen (secondary N) is 1. The molecule has 0 aliphatic rings. The Morgan fingerprint density at radius 2 is 2.00 bits per heavy atom. The minimum atomic E-state index is -0.368. The van der Waals surface area contributed by atoms with Crippen LogP contribution in [-0.4, -0.2) is 25.8 Å². The molecule has 0 aromatic heterocycles. The van der Waals surface area contributed by atoms with Crippen LogP contribution >= 0.6 is 11.6 Å². The predicted octanol–water partition coefficient (Wildman–Crippen LogP) is 4.54. The molecule has 0 bridgehead atoms. The number of carbonyl (C=O) groups is 1. The van der Waals surface area contributed by atoms with E-state index in [9.17, 15) is 4.79 Å². The third kappa shape index (κ3) is 5.77. The summed E-state index contributed by atoms with van der Waals surface area (Å²) >= 11 is 5.99. The number of methoxy groups -OCH3 is 1. The molecule has 6 heteroatoms. The summed E-state index contributed by atoms with van der Waals surface area (Å²) in [7, 11) is 1.59. The number of amides is 1. The molecule has 0 saturated carbocycles. The first-order valence-electron chi connectivity index (χ1n) is 8.40. The minimum absolute atomic E-state index is 0.368. The van der Waals surface area contributed by atoms with E-state index in [2.05, 4.69) is 24.4 Å². The van der Waals surface area contributed by atoms with Crippen LogP contribution in [0.2, 0.25) is 5.02 Å². The van der Waals surface area contributed by atoms with E-state index in [-0.39, 0.29) is 5.91 Å². The molecule has 2 aromatic rings. The zero-order chi connectivity index (χ0) is 18.9. The molecule has 0 aliphatic carbocycles. The predicted molar refractivity (Wildman–Crippen MR) is 104 cm³/mol. The molecule has 2 rings (SSSR count). The minimum Gasteiger partial charge on any atom is -0.493 e. The highest BCUT2D eigenvalue weighted by atomic mass is 35.5. The Morgan fingerprint density at radius 3 is 2.69 bits per heavy atom. The normalized spacial score (nSPS) is 11.0. The molecule has 0 aliphatic heterocycles. The fraction of sp³-hybridized carbons (Fsp3) is 0.300. The van der Waals surface area contributed by atoms with E-state index in [0.29, 0.717) is 34.6 Å².